The van der Waals surface area contributed by atoms with Crippen LogP contribution in [0.5, 0.6) is 0 Å². The van der Waals surface area contributed by atoms with Crippen molar-refractivity contribution in [2.45, 2.75) is 45.4 Å². The smallest absolute Gasteiger partial charge is 0.164 e. The van der Waals surface area contributed by atoms with Crippen LogP contribution in [-0.2, 0) is 0 Å². The lowest BCUT2D eigenvalue weighted by Gasteiger charge is -2.03. The van der Waals surface area contributed by atoms with Gasteiger partial charge in [-0.1, -0.05) is 62.9 Å². The Bertz CT molecular complexity index is 785. The fourth-order valence-corrected chi connectivity index (χ4v) is 3.13. The fraction of sp³-hybridized carbons (Fsp3) is 0.350. The van der Waals surface area contributed by atoms with Crippen LogP contribution in [0.2, 0.25) is 0 Å². The van der Waals surface area contributed by atoms with Crippen molar-refractivity contribution < 1.29 is 4.79 Å². The van der Waals surface area contributed by atoms with E-state index >= 15 is 0 Å². The van der Waals surface area contributed by atoms with Crippen LogP contribution in [-0.4, -0.2) is 10.8 Å². The zero-order valence-corrected chi connectivity index (χ0v) is 13.2. The molecular weight excluding hydrogens is 270 g/mol. The zero-order valence-electron chi connectivity index (χ0n) is 13.2. The Hall–Kier alpha value is -2.09. The van der Waals surface area contributed by atoms with Gasteiger partial charge in [-0.25, -0.2) is 0 Å². The monoisotopic (exact) mass is 293 g/mol. The highest BCUT2D eigenvalue weighted by atomic mass is 16.1. The summed E-state index contributed by atoms with van der Waals surface area (Å²) in [6.07, 6.45) is 6.55. The van der Waals surface area contributed by atoms with Gasteiger partial charge in [-0.15, -0.1) is 0 Å². The third-order valence-corrected chi connectivity index (χ3v) is 4.35. The molecule has 0 atom stereocenters. The minimum Gasteiger partial charge on any atom is -0.354 e. The van der Waals surface area contributed by atoms with Crippen molar-refractivity contribution in [3.63, 3.8) is 0 Å². The molecule has 0 aliphatic carbocycles. The molecule has 3 aromatic rings. The van der Waals surface area contributed by atoms with Crippen LogP contribution >= 0.6 is 0 Å². The van der Waals surface area contributed by atoms with Crippen LogP contribution in [0.15, 0.2) is 42.5 Å². The first-order valence-corrected chi connectivity index (χ1v) is 8.34. The molecule has 0 aliphatic heterocycles. The normalized spacial score (nSPS) is 11.3. The number of hydrogen-bond acceptors (Lipinski definition) is 1. The molecule has 2 heteroatoms. The van der Waals surface area contributed by atoms with Gasteiger partial charge in [0.15, 0.2) is 5.78 Å². The maximum absolute atomic E-state index is 12.5. The number of nitrogens with one attached hydrogen (secondary N) is 1. The lowest BCUT2D eigenvalue weighted by molar-refractivity contribution is 0.0980. The molecule has 3 rings (SSSR count). The minimum absolute atomic E-state index is 0.258. The molecule has 0 amide bonds. The second-order valence-electron chi connectivity index (χ2n) is 5.99. The number of unbranched alkanes of at least 4 members (excludes halogenated alkanes) is 4. The quantitative estimate of drug-likeness (QED) is 0.429. The van der Waals surface area contributed by atoms with E-state index in [1.165, 1.54) is 24.6 Å². The van der Waals surface area contributed by atoms with E-state index in [9.17, 15) is 4.79 Å². The Kier molecular flexibility index (Phi) is 4.57. The molecular formula is C20H23NO. The van der Waals surface area contributed by atoms with Crippen molar-refractivity contribution >= 4 is 27.6 Å². The molecule has 1 N–H and O–H groups in total. The summed E-state index contributed by atoms with van der Waals surface area (Å²) in [4.78, 5) is 16.0. The highest BCUT2D eigenvalue weighted by Gasteiger charge is 2.13. The molecule has 0 spiro atoms. The highest BCUT2D eigenvalue weighted by Crippen LogP contribution is 2.28. The van der Waals surface area contributed by atoms with Crippen molar-refractivity contribution in [2.75, 3.05) is 0 Å². The van der Waals surface area contributed by atoms with Gasteiger partial charge < -0.3 is 4.98 Å². The van der Waals surface area contributed by atoms with Gasteiger partial charge in [0, 0.05) is 28.3 Å². The number of rotatable bonds is 7. The Morgan fingerprint density at radius 3 is 2.55 bits per heavy atom. The molecule has 114 valence electrons. The van der Waals surface area contributed by atoms with E-state index in [4.69, 9.17) is 0 Å². The minimum atomic E-state index is 0.258. The molecule has 0 saturated carbocycles. The predicted molar refractivity (Wildman–Crippen MR) is 93.5 cm³/mol. The highest BCUT2D eigenvalue weighted by molar-refractivity contribution is 6.15. The van der Waals surface area contributed by atoms with E-state index in [-0.39, 0.29) is 5.78 Å². The van der Waals surface area contributed by atoms with Crippen molar-refractivity contribution in [1.29, 1.82) is 0 Å². The van der Waals surface area contributed by atoms with Gasteiger partial charge in [-0.3, -0.25) is 4.79 Å². The van der Waals surface area contributed by atoms with Gasteiger partial charge in [-0.2, -0.15) is 0 Å². The number of ketones is 1. The SMILES string of the molecule is CCCCCCCC(=O)c1cccc2c1[nH]c1ccccc12. The van der Waals surface area contributed by atoms with E-state index in [1.807, 2.05) is 24.3 Å². The maximum Gasteiger partial charge on any atom is 0.164 e. The Labute approximate surface area is 131 Å². The third-order valence-electron chi connectivity index (χ3n) is 4.35. The van der Waals surface area contributed by atoms with Gasteiger partial charge in [0.1, 0.15) is 0 Å². The number of hydrogen-bond donors (Lipinski definition) is 1. The molecule has 2 aromatic carbocycles. The Morgan fingerprint density at radius 2 is 1.68 bits per heavy atom. The van der Waals surface area contributed by atoms with Crippen molar-refractivity contribution in [3.8, 4) is 0 Å². The number of benzene rings is 2. The predicted octanol–water partition coefficient (Wildman–Crippen LogP) is 5.86. The lowest BCUT2D eigenvalue weighted by atomic mass is 10.0. The molecule has 22 heavy (non-hydrogen) atoms. The molecule has 0 saturated heterocycles. The zero-order chi connectivity index (χ0) is 15.4. The lowest BCUT2D eigenvalue weighted by Crippen LogP contribution is -2.00. The molecule has 0 fully saturated rings. The van der Waals surface area contributed by atoms with E-state index < -0.39 is 0 Å². The Balaban J connectivity index is 1.83. The number of aromatic amines is 1. The summed E-state index contributed by atoms with van der Waals surface area (Å²) in [6, 6.07) is 14.3. The summed E-state index contributed by atoms with van der Waals surface area (Å²) in [7, 11) is 0. The number of carbonyl (C=O) groups excluding carboxylic acids is 1. The first-order chi connectivity index (χ1) is 10.8. The number of aromatic nitrogens is 1. The topological polar surface area (TPSA) is 32.9 Å². The number of Topliss-reactive ketones (excluding diaryl/α,β-unsaturated/α-hetero) is 1. The molecule has 1 aromatic heterocycles. The van der Waals surface area contributed by atoms with E-state index in [0.29, 0.717) is 6.42 Å². The van der Waals surface area contributed by atoms with E-state index in [0.717, 1.165) is 34.8 Å². The largest absolute Gasteiger partial charge is 0.354 e. The van der Waals surface area contributed by atoms with E-state index in [1.54, 1.807) is 0 Å². The van der Waals surface area contributed by atoms with Crippen LogP contribution in [0, 0.1) is 0 Å². The van der Waals surface area contributed by atoms with Crippen molar-refractivity contribution in [3.05, 3.63) is 48.0 Å². The van der Waals surface area contributed by atoms with Crippen molar-refractivity contribution in [1.82, 2.24) is 4.98 Å². The average molecular weight is 293 g/mol. The van der Waals surface area contributed by atoms with Crippen LogP contribution < -0.4 is 0 Å². The van der Waals surface area contributed by atoms with Gasteiger partial charge in [0.2, 0.25) is 0 Å². The van der Waals surface area contributed by atoms with E-state index in [2.05, 4.69) is 30.1 Å². The summed E-state index contributed by atoms with van der Waals surface area (Å²) < 4.78 is 0. The second-order valence-corrected chi connectivity index (χ2v) is 5.99. The molecule has 2 nitrogen and oxygen atoms in total. The van der Waals surface area contributed by atoms with Gasteiger partial charge >= 0.3 is 0 Å². The standard InChI is InChI=1S/C20H23NO/c1-2-3-4-5-6-14-19(22)17-12-9-11-16-15-10-7-8-13-18(15)21-20(16)17/h7-13,21H,2-6,14H2,1H3. The molecule has 0 bridgehead atoms. The second kappa shape index (κ2) is 6.78. The maximum atomic E-state index is 12.5. The van der Waals surface area contributed by atoms with Gasteiger partial charge in [0.05, 0.1) is 5.52 Å². The fourth-order valence-electron chi connectivity index (χ4n) is 3.13. The number of fused-ring (bicyclic) bond motifs is 3. The van der Waals surface area contributed by atoms with Crippen molar-refractivity contribution in [2.24, 2.45) is 0 Å². The molecule has 0 aliphatic rings. The summed E-state index contributed by atoms with van der Waals surface area (Å²) >= 11 is 0. The summed E-state index contributed by atoms with van der Waals surface area (Å²) in [5, 5.41) is 2.34. The molecule has 0 radical (unpaired) electrons. The number of para-hydroxylation sites is 2. The van der Waals surface area contributed by atoms with Crippen LogP contribution in [0.4, 0.5) is 0 Å². The summed E-state index contributed by atoms with van der Waals surface area (Å²) in [5.74, 6) is 0.258. The molecule has 1 heterocycles. The third kappa shape index (κ3) is 2.92. The van der Waals surface area contributed by atoms with Crippen LogP contribution in [0.1, 0.15) is 55.8 Å². The number of H-pyrrole nitrogens is 1. The average Bonchev–Trinajstić information content (AvgIpc) is 2.93. The number of carbonyl (C=O) groups is 1. The van der Waals surface area contributed by atoms with Crippen LogP contribution in [0.25, 0.3) is 21.8 Å². The van der Waals surface area contributed by atoms with Crippen LogP contribution in [0.3, 0.4) is 0 Å². The summed E-state index contributed by atoms with van der Waals surface area (Å²) in [5.41, 5.74) is 2.92. The van der Waals surface area contributed by atoms with Gasteiger partial charge in [0.25, 0.3) is 0 Å². The Morgan fingerprint density at radius 1 is 0.909 bits per heavy atom. The summed E-state index contributed by atoms with van der Waals surface area (Å²) in [6.45, 7) is 2.21. The first kappa shape index (κ1) is 14.8. The molecule has 0 unspecified atom stereocenters. The van der Waals surface area contributed by atoms with Gasteiger partial charge in [-0.05, 0) is 18.6 Å². The first-order valence-electron chi connectivity index (χ1n) is 8.34.